The summed E-state index contributed by atoms with van der Waals surface area (Å²) >= 11 is 0. The highest BCUT2D eigenvalue weighted by atomic mass is 16.5. The highest BCUT2D eigenvalue weighted by Crippen LogP contribution is 2.33. The van der Waals surface area contributed by atoms with Crippen LogP contribution >= 0.6 is 0 Å². The lowest BCUT2D eigenvalue weighted by atomic mass is 10.1. The molecule has 0 radical (unpaired) electrons. The number of ether oxygens (including phenoxy) is 2. The molecule has 0 saturated heterocycles. The Morgan fingerprint density at radius 1 is 1.16 bits per heavy atom. The van der Waals surface area contributed by atoms with Crippen molar-refractivity contribution in [2.75, 3.05) is 33.6 Å². The third-order valence-corrected chi connectivity index (χ3v) is 2.40. The summed E-state index contributed by atoms with van der Waals surface area (Å²) in [6.45, 7) is 0. The molecule has 0 fully saturated rings. The Labute approximate surface area is 110 Å². The van der Waals surface area contributed by atoms with Gasteiger partial charge in [0.15, 0.2) is 11.5 Å². The summed E-state index contributed by atoms with van der Waals surface area (Å²) in [6, 6.07) is 2.27. The van der Waals surface area contributed by atoms with Gasteiger partial charge in [-0.1, -0.05) is 0 Å². The maximum atomic E-state index is 11.6. The predicted molar refractivity (Wildman–Crippen MR) is 69.2 cm³/mol. The zero-order valence-corrected chi connectivity index (χ0v) is 11.2. The predicted octanol–water partition coefficient (Wildman–Crippen LogP) is 1.50. The van der Waals surface area contributed by atoms with Crippen molar-refractivity contribution in [3.05, 3.63) is 17.7 Å². The third kappa shape index (κ3) is 3.27. The van der Waals surface area contributed by atoms with E-state index in [0.29, 0.717) is 5.75 Å². The van der Waals surface area contributed by atoms with E-state index in [1.165, 1.54) is 31.3 Å². The molecule has 2 N–H and O–H groups in total. The standard InChI is InChI=1S/C12H16N2O5/c1-14(2)12(17)13-8-6-10(19-4)9(18-3)5-7(8)11(15)16/h5-6H,1-4H3,(H,13,17)(H,15,16). The molecule has 0 bridgehead atoms. The monoisotopic (exact) mass is 268 g/mol. The lowest BCUT2D eigenvalue weighted by molar-refractivity contribution is 0.0697. The number of urea groups is 1. The topological polar surface area (TPSA) is 88.1 Å². The van der Waals surface area contributed by atoms with Crippen molar-refractivity contribution in [3.63, 3.8) is 0 Å². The Kier molecular flexibility index (Phi) is 4.57. The first-order valence-electron chi connectivity index (χ1n) is 5.38. The molecule has 0 atom stereocenters. The van der Waals surface area contributed by atoms with Crippen LogP contribution in [0.1, 0.15) is 10.4 Å². The van der Waals surface area contributed by atoms with E-state index in [1.807, 2.05) is 0 Å². The van der Waals surface area contributed by atoms with E-state index < -0.39 is 12.0 Å². The maximum absolute atomic E-state index is 11.6. The van der Waals surface area contributed by atoms with Gasteiger partial charge in [0.05, 0.1) is 25.5 Å². The van der Waals surface area contributed by atoms with Crippen LogP contribution in [0.4, 0.5) is 10.5 Å². The number of nitrogens with one attached hydrogen (secondary N) is 1. The second kappa shape index (κ2) is 5.94. The SMILES string of the molecule is COc1cc(NC(=O)N(C)C)c(C(=O)O)cc1OC. The third-order valence-electron chi connectivity index (χ3n) is 2.40. The summed E-state index contributed by atoms with van der Waals surface area (Å²) in [7, 11) is 5.93. The van der Waals surface area contributed by atoms with Crippen molar-refractivity contribution >= 4 is 17.7 Å². The molecule has 7 heteroatoms. The molecular formula is C12H16N2O5. The number of carboxylic acids is 1. The first-order chi connectivity index (χ1) is 8.90. The Balaban J connectivity index is 3.27. The Morgan fingerprint density at radius 2 is 1.68 bits per heavy atom. The van der Waals surface area contributed by atoms with E-state index in [-0.39, 0.29) is 17.0 Å². The van der Waals surface area contributed by atoms with Crippen molar-refractivity contribution in [3.8, 4) is 11.5 Å². The van der Waals surface area contributed by atoms with Crippen molar-refractivity contribution < 1.29 is 24.2 Å². The Hall–Kier alpha value is -2.44. The molecule has 0 spiro atoms. The van der Waals surface area contributed by atoms with Crippen LogP contribution in [-0.2, 0) is 0 Å². The van der Waals surface area contributed by atoms with Crippen molar-refractivity contribution in [2.24, 2.45) is 0 Å². The number of carbonyl (C=O) groups is 2. The summed E-state index contributed by atoms with van der Waals surface area (Å²) < 4.78 is 10.1. The van der Waals surface area contributed by atoms with Crippen molar-refractivity contribution in [2.45, 2.75) is 0 Å². The second-order valence-electron chi connectivity index (χ2n) is 3.88. The number of anilines is 1. The highest BCUT2D eigenvalue weighted by molar-refractivity contribution is 6.00. The van der Waals surface area contributed by atoms with Crippen molar-refractivity contribution in [1.82, 2.24) is 4.90 Å². The number of nitrogens with zero attached hydrogens (tertiary/aromatic N) is 1. The fraction of sp³-hybridized carbons (Fsp3) is 0.333. The average Bonchev–Trinajstić information content (AvgIpc) is 2.37. The molecule has 1 aromatic rings. The smallest absolute Gasteiger partial charge is 0.337 e. The fourth-order valence-electron chi connectivity index (χ4n) is 1.39. The zero-order chi connectivity index (χ0) is 14.6. The number of aromatic carboxylic acids is 1. The first kappa shape index (κ1) is 14.6. The molecule has 0 saturated carbocycles. The summed E-state index contributed by atoms with van der Waals surface area (Å²) in [5.41, 5.74) is 0.0664. The second-order valence-corrected chi connectivity index (χ2v) is 3.88. The normalized spacial score (nSPS) is 9.68. The van der Waals surface area contributed by atoms with Crippen LogP contribution in [0.15, 0.2) is 12.1 Å². The van der Waals surface area contributed by atoms with Crippen LogP contribution in [0.25, 0.3) is 0 Å². The summed E-state index contributed by atoms with van der Waals surface area (Å²) in [6.07, 6.45) is 0. The van der Waals surface area contributed by atoms with E-state index >= 15 is 0 Å². The van der Waals surface area contributed by atoms with E-state index in [1.54, 1.807) is 14.1 Å². The highest BCUT2D eigenvalue weighted by Gasteiger charge is 2.18. The van der Waals surface area contributed by atoms with Crippen LogP contribution in [0.3, 0.4) is 0 Å². The van der Waals surface area contributed by atoms with Gasteiger partial charge < -0.3 is 24.8 Å². The number of hydrogen-bond donors (Lipinski definition) is 2. The van der Waals surface area contributed by atoms with Gasteiger partial charge >= 0.3 is 12.0 Å². The van der Waals surface area contributed by atoms with Crippen LogP contribution in [0.5, 0.6) is 11.5 Å². The van der Waals surface area contributed by atoms with Crippen LogP contribution < -0.4 is 14.8 Å². The molecule has 1 rings (SSSR count). The van der Waals surface area contributed by atoms with Gasteiger partial charge in [0.25, 0.3) is 0 Å². The van der Waals surface area contributed by atoms with Gasteiger partial charge in [0.1, 0.15) is 0 Å². The number of carbonyl (C=O) groups excluding carboxylic acids is 1. The first-order valence-corrected chi connectivity index (χ1v) is 5.38. The molecule has 1 aromatic carbocycles. The summed E-state index contributed by atoms with van der Waals surface area (Å²) in [5, 5.41) is 11.6. The lowest BCUT2D eigenvalue weighted by Gasteiger charge is -2.16. The quantitative estimate of drug-likeness (QED) is 0.863. The largest absolute Gasteiger partial charge is 0.493 e. The van der Waals surface area contributed by atoms with Gasteiger partial charge in [-0.2, -0.15) is 0 Å². The van der Waals surface area contributed by atoms with Gasteiger partial charge in [-0.3, -0.25) is 0 Å². The number of benzene rings is 1. The number of amides is 2. The van der Waals surface area contributed by atoms with E-state index in [2.05, 4.69) is 5.32 Å². The zero-order valence-electron chi connectivity index (χ0n) is 11.2. The number of methoxy groups -OCH3 is 2. The molecular weight excluding hydrogens is 252 g/mol. The Morgan fingerprint density at radius 3 is 2.11 bits per heavy atom. The molecule has 19 heavy (non-hydrogen) atoms. The van der Waals surface area contributed by atoms with Crippen molar-refractivity contribution in [1.29, 1.82) is 0 Å². The molecule has 0 unspecified atom stereocenters. The maximum Gasteiger partial charge on any atom is 0.337 e. The van der Waals surface area contributed by atoms with Crippen LogP contribution in [0.2, 0.25) is 0 Å². The fourth-order valence-corrected chi connectivity index (χ4v) is 1.39. The minimum atomic E-state index is -1.17. The average molecular weight is 268 g/mol. The molecule has 0 aliphatic rings. The van der Waals surface area contributed by atoms with Gasteiger partial charge in [-0.15, -0.1) is 0 Å². The lowest BCUT2D eigenvalue weighted by Crippen LogP contribution is -2.28. The summed E-state index contributed by atoms with van der Waals surface area (Å²) in [4.78, 5) is 24.1. The molecule has 104 valence electrons. The summed E-state index contributed by atoms with van der Waals surface area (Å²) in [5.74, 6) is -0.556. The molecule has 2 amide bonds. The van der Waals surface area contributed by atoms with Crippen LogP contribution in [0, 0.1) is 0 Å². The minimum absolute atomic E-state index is 0.0761. The van der Waals surface area contributed by atoms with Gasteiger partial charge in [-0.05, 0) is 0 Å². The van der Waals surface area contributed by atoms with Crippen LogP contribution in [-0.4, -0.2) is 50.3 Å². The van der Waals surface area contributed by atoms with E-state index in [0.717, 1.165) is 0 Å². The van der Waals surface area contributed by atoms with Gasteiger partial charge in [0, 0.05) is 26.2 Å². The van der Waals surface area contributed by atoms with E-state index in [9.17, 15) is 9.59 Å². The number of hydrogen-bond acceptors (Lipinski definition) is 4. The minimum Gasteiger partial charge on any atom is -0.493 e. The van der Waals surface area contributed by atoms with E-state index in [4.69, 9.17) is 14.6 Å². The molecule has 0 aromatic heterocycles. The molecule has 0 aliphatic carbocycles. The molecule has 7 nitrogen and oxygen atoms in total. The molecule has 0 heterocycles. The van der Waals surface area contributed by atoms with Gasteiger partial charge in [0.2, 0.25) is 0 Å². The number of rotatable bonds is 4. The number of carboxylic acid groups (broad SMARTS) is 1. The van der Waals surface area contributed by atoms with Gasteiger partial charge in [-0.25, -0.2) is 9.59 Å². The Bertz CT molecular complexity index is 499. The molecule has 0 aliphatic heterocycles.